The highest BCUT2D eigenvalue weighted by Crippen LogP contribution is 2.29. The van der Waals surface area contributed by atoms with Crippen LogP contribution in [0.25, 0.3) is 0 Å². The second kappa shape index (κ2) is 13.3. The van der Waals surface area contributed by atoms with Crippen LogP contribution in [0.15, 0.2) is 91.0 Å². The van der Waals surface area contributed by atoms with Crippen molar-refractivity contribution in [2.24, 2.45) is 0 Å². The predicted molar refractivity (Wildman–Crippen MR) is 133 cm³/mol. The molecule has 0 spiro atoms. The number of aliphatic hydroxyl groups excluding tert-OH is 1. The van der Waals surface area contributed by atoms with Gasteiger partial charge in [0.15, 0.2) is 12.4 Å². The molecule has 1 aliphatic heterocycles. The third kappa shape index (κ3) is 7.46. The first-order valence-corrected chi connectivity index (χ1v) is 12.0. The molecule has 7 nitrogen and oxygen atoms in total. The zero-order valence-electron chi connectivity index (χ0n) is 20.3. The normalized spacial score (nSPS) is 23.8. The standard InChI is InChI=1S/C29H32O7/c1-21(30)35-28-27(34-19-24-15-9-4-10-16-24)26(33-18-23-13-7-3-8-14-23)25(36-29(28)31)20-32-17-22-11-5-2-6-12-22/h2-16,25-29,31H,17-20H2,1H3/t25-,26-,27+,28+,29?/m1/s1. The second-order valence-corrected chi connectivity index (χ2v) is 8.66. The van der Waals surface area contributed by atoms with E-state index in [9.17, 15) is 9.90 Å². The average Bonchev–Trinajstić information content (AvgIpc) is 2.90. The molecule has 0 aliphatic carbocycles. The highest BCUT2D eigenvalue weighted by Gasteiger charge is 2.49. The number of hydrogen-bond donors (Lipinski definition) is 1. The monoisotopic (exact) mass is 492 g/mol. The van der Waals surface area contributed by atoms with Crippen molar-refractivity contribution < 1.29 is 33.6 Å². The van der Waals surface area contributed by atoms with Crippen LogP contribution in [0.4, 0.5) is 0 Å². The number of carbonyl (C=O) groups excluding carboxylic acids is 1. The summed E-state index contributed by atoms with van der Waals surface area (Å²) in [6.07, 6.45) is -4.56. The van der Waals surface area contributed by atoms with E-state index in [1.54, 1.807) is 0 Å². The van der Waals surface area contributed by atoms with Crippen LogP contribution in [0.3, 0.4) is 0 Å². The van der Waals surface area contributed by atoms with Crippen LogP contribution in [0.1, 0.15) is 23.6 Å². The van der Waals surface area contributed by atoms with Crippen molar-refractivity contribution in [2.45, 2.75) is 57.5 Å². The molecule has 36 heavy (non-hydrogen) atoms. The molecule has 1 aliphatic rings. The summed E-state index contributed by atoms with van der Waals surface area (Å²) in [4.78, 5) is 11.9. The number of esters is 1. The lowest BCUT2D eigenvalue weighted by molar-refractivity contribution is -0.309. The summed E-state index contributed by atoms with van der Waals surface area (Å²) >= 11 is 0. The van der Waals surface area contributed by atoms with Gasteiger partial charge in [0, 0.05) is 6.92 Å². The van der Waals surface area contributed by atoms with Crippen LogP contribution in [0.5, 0.6) is 0 Å². The maximum absolute atomic E-state index is 11.9. The molecule has 0 radical (unpaired) electrons. The molecular formula is C29H32O7. The Bertz CT molecular complexity index is 1040. The summed E-state index contributed by atoms with van der Waals surface area (Å²) in [5, 5.41) is 10.8. The third-order valence-corrected chi connectivity index (χ3v) is 5.88. The molecule has 0 amide bonds. The lowest BCUT2D eigenvalue weighted by Crippen LogP contribution is -2.61. The number of benzene rings is 3. The maximum atomic E-state index is 11.9. The minimum Gasteiger partial charge on any atom is -0.454 e. The smallest absolute Gasteiger partial charge is 0.303 e. The van der Waals surface area contributed by atoms with E-state index in [4.69, 9.17) is 23.7 Å². The Balaban J connectivity index is 1.53. The van der Waals surface area contributed by atoms with Gasteiger partial charge in [-0.3, -0.25) is 4.79 Å². The van der Waals surface area contributed by atoms with Crippen LogP contribution in [-0.2, 0) is 48.3 Å². The Kier molecular flexibility index (Phi) is 9.61. The third-order valence-electron chi connectivity index (χ3n) is 5.88. The van der Waals surface area contributed by atoms with Gasteiger partial charge in [-0.1, -0.05) is 91.0 Å². The number of aliphatic hydroxyl groups is 1. The van der Waals surface area contributed by atoms with E-state index in [1.165, 1.54) is 6.92 Å². The highest BCUT2D eigenvalue weighted by atomic mass is 16.7. The predicted octanol–water partition coefficient (Wildman–Crippen LogP) is 4.02. The minimum atomic E-state index is -1.39. The van der Waals surface area contributed by atoms with Gasteiger partial charge >= 0.3 is 5.97 Å². The molecule has 1 fully saturated rings. The minimum absolute atomic E-state index is 0.156. The van der Waals surface area contributed by atoms with Crippen molar-refractivity contribution in [2.75, 3.05) is 6.61 Å². The Morgan fingerprint density at radius 3 is 1.69 bits per heavy atom. The zero-order chi connectivity index (χ0) is 25.2. The lowest BCUT2D eigenvalue weighted by atomic mass is 9.98. The first kappa shape index (κ1) is 26.0. The zero-order valence-corrected chi connectivity index (χ0v) is 20.3. The van der Waals surface area contributed by atoms with Crippen molar-refractivity contribution >= 4 is 5.97 Å². The van der Waals surface area contributed by atoms with Crippen LogP contribution in [0, 0.1) is 0 Å². The van der Waals surface area contributed by atoms with Gasteiger partial charge in [-0.05, 0) is 16.7 Å². The summed E-state index contributed by atoms with van der Waals surface area (Å²) in [7, 11) is 0. The molecule has 0 bridgehead atoms. The van der Waals surface area contributed by atoms with Crippen LogP contribution in [0.2, 0.25) is 0 Å². The maximum Gasteiger partial charge on any atom is 0.303 e. The van der Waals surface area contributed by atoms with Gasteiger partial charge < -0.3 is 28.8 Å². The molecule has 0 aromatic heterocycles. The molecule has 5 atom stereocenters. The van der Waals surface area contributed by atoms with E-state index in [1.807, 2.05) is 91.0 Å². The van der Waals surface area contributed by atoms with Gasteiger partial charge in [-0.15, -0.1) is 0 Å². The van der Waals surface area contributed by atoms with Gasteiger partial charge in [0.25, 0.3) is 0 Å². The van der Waals surface area contributed by atoms with Crippen molar-refractivity contribution in [3.05, 3.63) is 108 Å². The number of hydrogen-bond acceptors (Lipinski definition) is 7. The molecule has 0 saturated carbocycles. The van der Waals surface area contributed by atoms with Gasteiger partial charge in [0.2, 0.25) is 0 Å². The fourth-order valence-corrected chi connectivity index (χ4v) is 4.14. The molecule has 1 unspecified atom stereocenters. The molecular weight excluding hydrogens is 460 g/mol. The Labute approximate surface area is 211 Å². The second-order valence-electron chi connectivity index (χ2n) is 8.66. The van der Waals surface area contributed by atoms with Gasteiger partial charge in [0.05, 0.1) is 26.4 Å². The summed E-state index contributed by atoms with van der Waals surface area (Å²) < 4.78 is 29.8. The van der Waals surface area contributed by atoms with E-state index in [-0.39, 0.29) is 19.8 Å². The lowest BCUT2D eigenvalue weighted by Gasteiger charge is -2.44. The van der Waals surface area contributed by atoms with Gasteiger partial charge in [-0.25, -0.2) is 0 Å². The van der Waals surface area contributed by atoms with E-state index in [0.717, 1.165) is 16.7 Å². The van der Waals surface area contributed by atoms with Crippen LogP contribution in [-0.4, -0.2) is 48.4 Å². The van der Waals surface area contributed by atoms with Crippen LogP contribution >= 0.6 is 0 Å². The van der Waals surface area contributed by atoms with Crippen molar-refractivity contribution in [1.82, 2.24) is 0 Å². The SMILES string of the molecule is CC(=O)O[C@@H]1C(O)O[C@H](COCc2ccccc2)[C@@H](OCc2ccccc2)[C@@H]1OCc1ccccc1. The first-order valence-electron chi connectivity index (χ1n) is 12.0. The fourth-order valence-electron chi connectivity index (χ4n) is 4.14. The number of carbonyl (C=O) groups is 1. The first-order chi connectivity index (χ1) is 17.6. The summed E-state index contributed by atoms with van der Waals surface area (Å²) in [5.74, 6) is -0.545. The molecule has 7 heteroatoms. The Morgan fingerprint density at radius 2 is 1.19 bits per heavy atom. The number of ether oxygens (including phenoxy) is 5. The summed E-state index contributed by atoms with van der Waals surface area (Å²) in [5.41, 5.74) is 2.93. The topological polar surface area (TPSA) is 83.5 Å². The Hall–Kier alpha value is -3.07. The van der Waals surface area contributed by atoms with E-state index < -0.39 is 36.7 Å². The van der Waals surface area contributed by atoms with Crippen molar-refractivity contribution in [3.8, 4) is 0 Å². The van der Waals surface area contributed by atoms with E-state index in [2.05, 4.69) is 0 Å². The largest absolute Gasteiger partial charge is 0.454 e. The van der Waals surface area contributed by atoms with Crippen LogP contribution < -0.4 is 0 Å². The number of rotatable bonds is 11. The summed E-state index contributed by atoms with van der Waals surface area (Å²) in [6, 6.07) is 29.2. The molecule has 1 heterocycles. The van der Waals surface area contributed by atoms with Crippen molar-refractivity contribution in [3.63, 3.8) is 0 Å². The van der Waals surface area contributed by atoms with Gasteiger partial charge in [0.1, 0.15) is 18.3 Å². The average molecular weight is 493 g/mol. The fraction of sp³-hybridized carbons (Fsp3) is 0.345. The highest BCUT2D eigenvalue weighted by molar-refractivity contribution is 5.66. The van der Waals surface area contributed by atoms with E-state index in [0.29, 0.717) is 6.61 Å². The summed E-state index contributed by atoms with van der Waals surface area (Å²) in [6.45, 7) is 2.36. The van der Waals surface area contributed by atoms with Gasteiger partial charge in [-0.2, -0.15) is 0 Å². The van der Waals surface area contributed by atoms with E-state index >= 15 is 0 Å². The molecule has 4 rings (SSSR count). The quantitative estimate of drug-likeness (QED) is 0.405. The molecule has 1 N–H and O–H groups in total. The Morgan fingerprint density at radius 1 is 0.722 bits per heavy atom. The molecule has 1 saturated heterocycles. The van der Waals surface area contributed by atoms with Crippen molar-refractivity contribution in [1.29, 1.82) is 0 Å². The molecule has 190 valence electrons. The molecule has 3 aromatic carbocycles. The molecule has 3 aromatic rings.